The van der Waals surface area contributed by atoms with Crippen molar-refractivity contribution in [3.05, 3.63) is 42.6 Å². The van der Waals surface area contributed by atoms with Crippen molar-refractivity contribution in [1.82, 2.24) is 9.97 Å². The maximum absolute atomic E-state index is 12.9. The molecule has 0 fully saturated rings. The van der Waals surface area contributed by atoms with E-state index in [1.807, 2.05) is 6.92 Å². The zero-order valence-electron chi connectivity index (χ0n) is 11.0. The normalized spacial score (nSPS) is 10.3. The first-order valence-electron chi connectivity index (χ1n) is 6.18. The van der Waals surface area contributed by atoms with Crippen molar-refractivity contribution >= 4 is 17.5 Å². The molecular weight excluding hydrogens is 263 g/mol. The van der Waals surface area contributed by atoms with E-state index in [0.29, 0.717) is 18.1 Å². The van der Waals surface area contributed by atoms with Gasteiger partial charge in [-0.25, -0.2) is 14.2 Å². The molecule has 0 atom stereocenters. The van der Waals surface area contributed by atoms with Crippen molar-refractivity contribution < 1.29 is 14.0 Å². The molecule has 0 aliphatic carbocycles. The van der Waals surface area contributed by atoms with Gasteiger partial charge in [-0.15, -0.1) is 0 Å². The van der Waals surface area contributed by atoms with Crippen LogP contribution in [0.4, 0.5) is 20.7 Å². The molecule has 0 unspecified atom stereocenters. The van der Waals surface area contributed by atoms with Gasteiger partial charge in [-0.1, -0.05) is 6.92 Å². The number of imidazole rings is 1. The number of amides is 2. The first-order chi connectivity index (χ1) is 9.70. The molecule has 1 heterocycles. The number of nitrogens with one attached hydrogen (secondary N) is 2. The quantitative estimate of drug-likeness (QED) is 0.826. The number of aromatic nitrogens is 2. The first kappa shape index (κ1) is 14.0. The van der Waals surface area contributed by atoms with Crippen LogP contribution in [0.5, 0.6) is 0 Å². The van der Waals surface area contributed by atoms with Crippen LogP contribution in [0, 0.1) is 5.82 Å². The SMILES string of the molecule is CCCON(C(=O)Nc1cnc[nH]1)c1ccc(F)cc1. The maximum Gasteiger partial charge on any atom is 0.351 e. The fourth-order valence-corrected chi connectivity index (χ4v) is 1.50. The summed E-state index contributed by atoms with van der Waals surface area (Å²) in [5, 5.41) is 3.68. The third kappa shape index (κ3) is 3.55. The van der Waals surface area contributed by atoms with E-state index in [2.05, 4.69) is 15.3 Å². The Morgan fingerprint density at radius 3 is 2.80 bits per heavy atom. The molecule has 0 saturated heterocycles. The molecule has 1 aromatic heterocycles. The molecule has 0 spiro atoms. The molecule has 7 heteroatoms. The van der Waals surface area contributed by atoms with Crippen LogP contribution in [-0.4, -0.2) is 22.6 Å². The van der Waals surface area contributed by atoms with Crippen LogP contribution >= 0.6 is 0 Å². The number of carbonyl (C=O) groups excluding carboxylic acids is 1. The fourth-order valence-electron chi connectivity index (χ4n) is 1.50. The number of aromatic amines is 1. The third-order valence-corrected chi connectivity index (χ3v) is 2.41. The predicted molar refractivity (Wildman–Crippen MR) is 72.7 cm³/mol. The van der Waals surface area contributed by atoms with Gasteiger partial charge < -0.3 is 4.98 Å². The molecule has 1 aromatic carbocycles. The molecular formula is C13H15FN4O2. The molecule has 0 saturated carbocycles. The van der Waals surface area contributed by atoms with Crippen molar-refractivity contribution in [2.75, 3.05) is 17.0 Å². The highest BCUT2D eigenvalue weighted by molar-refractivity contribution is 5.99. The van der Waals surface area contributed by atoms with Gasteiger partial charge >= 0.3 is 6.03 Å². The average molecular weight is 278 g/mol. The van der Waals surface area contributed by atoms with Crippen molar-refractivity contribution in [2.24, 2.45) is 0 Å². The molecule has 0 aliphatic rings. The van der Waals surface area contributed by atoms with E-state index in [4.69, 9.17) is 4.84 Å². The van der Waals surface area contributed by atoms with Gasteiger partial charge in [-0.2, -0.15) is 5.06 Å². The van der Waals surface area contributed by atoms with Crippen molar-refractivity contribution in [1.29, 1.82) is 0 Å². The summed E-state index contributed by atoms with van der Waals surface area (Å²) in [7, 11) is 0. The van der Waals surface area contributed by atoms with Crippen LogP contribution < -0.4 is 10.4 Å². The highest BCUT2D eigenvalue weighted by Crippen LogP contribution is 2.17. The standard InChI is InChI=1S/C13H15FN4O2/c1-2-7-20-18(11-5-3-10(14)4-6-11)13(19)17-12-8-15-9-16-12/h3-6,8-9H,2,7H2,1H3,(H,15,16)(H,17,19). The van der Waals surface area contributed by atoms with Crippen LogP contribution in [0.15, 0.2) is 36.8 Å². The fraction of sp³-hybridized carbons (Fsp3) is 0.231. The second-order valence-corrected chi connectivity index (χ2v) is 4.00. The van der Waals surface area contributed by atoms with E-state index in [0.717, 1.165) is 11.5 Å². The minimum absolute atomic E-state index is 0.369. The molecule has 2 amide bonds. The molecule has 0 radical (unpaired) electrons. The van der Waals surface area contributed by atoms with Crippen LogP contribution in [0.3, 0.4) is 0 Å². The van der Waals surface area contributed by atoms with E-state index in [-0.39, 0.29) is 5.82 Å². The monoisotopic (exact) mass is 278 g/mol. The molecule has 2 aromatic rings. The minimum Gasteiger partial charge on any atom is -0.331 e. The van der Waals surface area contributed by atoms with E-state index in [1.54, 1.807) is 0 Å². The van der Waals surface area contributed by atoms with Crippen LogP contribution in [0.1, 0.15) is 13.3 Å². The topological polar surface area (TPSA) is 70.2 Å². The number of H-pyrrole nitrogens is 1. The highest BCUT2D eigenvalue weighted by Gasteiger charge is 2.17. The van der Waals surface area contributed by atoms with Gasteiger partial charge in [0, 0.05) is 0 Å². The number of hydrogen-bond donors (Lipinski definition) is 2. The zero-order valence-corrected chi connectivity index (χ0v) is 11.0. The second-order valence-electron chi connectivity index (χ2n) is 4.00. The lowest BCUT2D eigenvalue weighted by Gasteiger charge is -2.21. The highest BCUT2D eigenvalue weighted by atomic mass is 19.1. The average Bonchev–Trinajstić information content (AvgIpc) is 2.94. The van der Waals surface area contributed by atoms with E-state index < -0.39 is 6.03 Å². The van der Waals surface area contributed by atoms with Gasteiger partial charge in [0.15, 0.2) is 0 Å². The molecule has 20 heavy (non-hydrogen) atoms. The smallest absolute Gasteiger partial charge is 0.331 e. The van der Waals surface area contributed by atoms with Gasteiger partial charge in [0.1, 0.15) is 11.6 Å². The van der Waals surface area contributed by atoms with Gasteiger partial charge in [0.25, 0.3) is 0 Å². The lowest BCUT2D eigenvalue weighted by molar-refractivity contribution is 0.122. The molecule has 2 rings (SSSR count). The Labute approximate surface area is 115 Å². The lowest BCUT2D eigenvalue weighted by Crippen LogP contribution is -2.35. The molecule has 0 aliphatic heterocycles. The van der Waals surface area contributed by atoms with Crippen LogP contribution in [0.2, 0.25) is 0 Å². The second kappa shape index (κ2) is 6.67. The van der Waals surface area contributed by atoms with Crippen molar-refractivity contribution in [2.45, 2.75) is 13.3 Å². The summed E-state index contributed by atoms with van der Waals surface area (Å²) in [5.74, 6) is 0.0698. The molecule has 0 bridgehead atoms. The number of hydrogen-bond acceptors (Lipinski definition) is 3. The number of nitrogens with zero attached hydrogens (tertiary/aromatic N) is 2. The van der Waals surface area contributed by atoms with E-state index >= 15 is 0 Å². The number of hydroxylamine groups is 1. The Balaban J connectivity index is 2.13. The van der Waals surface area contributed by atoms with E-state index in [1.165, 1.54) is 36.8 Å². The summed E-state index contributed by atoms with van der Waals surface area (Å²) in [5.41, 5.74) is 0.442. The lowest BCUT2D eigenvalue weighted by atomic mass is 10.3. The molecule has 2 N–H and O–H groups in total. The largest absolute Gasteiger partial charge is 0.351 e. The number of rotatable bonds is 5. The van der Waals surface area contributed by atoms with Gasteiger partial charge in [-0.3, -0.25) is 10.2 Å². The third-order valence-electron chi connectivity index (χ3n) is 2.41. The summed E-state index contributed by atoms with van der Waals surface area (Å²) >= 11 is 0. The van der Waals surface area contributed by atoms with Gasteiger partial charge in [0.2, 0.25) is 0 Å². The number of benzene rings is 1. The molecule has 6 nitrogen and oxygen atoms in total. The maximum atomic E-state index is 12.9. The summed E-state index contributed by atoms with van der Waals surface area (Å²) in [6, 6.07) is 4.98. The summed E-state index contributed by atoms with van der Waals surface area (Å²) < 4.78 is 12.9. The Bertz CT molecular complexity index is 542. The number of carbonyl (C=O) groups is 1. The number of urea groups is 1. The Morgan fingerprint density at radius 1 is 1.45 bits per heavy atom. The van der Waals surface area contributed by atoms with Crippen molar-refractivity contribution in [3.63, 3.8) is 0 Å². The first-order valence-corrected chi connectivity index (χ1v) is 6.18. The Kier molecular flexibility index (Phi) is 4.67. The van der Waals surface area contributed by atoms with Crippen LogP contribution in [0.25, 0.3) is 0 Å². The number of anilines is 2. The zero-order chi connectivity index (χ0) is 14.4. The van der Waals surface area contributed by atoms with Crippen molar-refractivity contribution in [3.8, 4) is 0 Å². The Morgan fingerprint density at radius 2 is 2.20 bits per heavy atom. The van der Waals surface area contributed by atoms with Crippen LogP contribution in [-0.2, 0) is 4.84 Å². The van der Waals surface area contributed by atoms with Gasteiger partial charge in [-0.05, 0) is 30.7 Å². The molecule has 106 valence electrons. The van der Waals surface area contributed by atoms with E-state index in [9.17, 15) is 9.18 Å². The minimum atomic E-state index is -0.491. The predicted octanol–water partition coefficient (Wildman–Crippen LogP) is 2.93. The van der Waals surface area contributed by atoms with Gasteiger partial charge in [0.05, 0.1) is 24.8 Å². The summed E-state index contributed by atoms with van der Waals surface area (Å²) in [6.45, 7) is 2.30. The number of halogens is 1. The summed E-state index contributed by atoms with van der Waals surface area (Å²) in [4.78, 5) is 24.1. The Hall–Kier alpha value is -2.41. The summed E-state index contributed by atoms with van der Waals surface area (Å²) in [6.07, 6.45) is 3.67.